The van der Waals surface area contributed by atoms with Crippen molar-refractivity contribution in [1.29, 1.82) is 0 Å². The molecular weight excluding hydrogens is 609 g/mol. The van der Waals surface area contributed by atoms with Crippen molar-refractivity contribution in [2.75, 3.05) is 0 Å². The van der Waals surface area contributed by atoms with Crippen molar-refractivity contribution in [1.82, 2.24) is 0 Å². The zero-order chi connectivity index (χ0) is 34.8. The molecule has 4 rings (SSSR count). The normalized spacial score (nSPS) is 33.2. The van der Waals surface area contributed by atoms with Crippen LogP contribution >= 0.6 is 0 Å². The standard InChI is InChI=1S/C38H66O6Si2/c1-24-16-17-25-20-27(43-45(12,13)35(2,3)4)22-30(42-34(40)33-37(8,9)38(33,10)11)32(25)29(24)19-18-26-21-28(23-31(39)41-26)44-46(14,15)36(5,6)7/h16-17,20,24,26-30,32-33H,18-19,21-23H2,1-15H3/t24-,26-,27-,28-,29+,30+,32+/m1/s1. The first kappa shape index (κ1) is 37.6. The summed E-state index contributed by atoms with van der Waals surface area (Å²) in [5, 5.41) is 0.167. The van der Waals surface area contributed by atoms with Crippen LogP contribution in [0.2, 0.25) is 36.3 Å². The minimum atomic E-state index is -2.05. The predicted octanol–water partition coefficient (Wildman–Crippen LogP) is 9.62. The predicted molar refractivity (Wildman–Crippen MR) is 191 cm³/mol. The fourth-order valence-corrected chi connectivity index (χ4v) is 10.3. The second-order valence-corrected chi connectivity index (χ2v) is 28.7. The molecule has 2 fully saturated rings. The maximum absolute atomic E-state index is 13.8. The summed E-state index contributed by atoms with van der Waals surface area (Å²) in [7, 11) is -4.06. The van der Waals surface area contributed by atoms with Crippen LogP contribution < -0.4 is 0 Å². The summed E-state index contributed by atoms with van der Waals surface area (Å²) in [5.41, 5.74) is 1.06. The lowest BCUT2D eigenvalue weighted by Crippen LogP contribution is -2.48. The van der Waals surface area contributed by atoms with E-state index in [0.717, 1.165) is 19.3 Å². The molecule has 1 heterocycles. The fourth-order valence-electron chi connectivity index (χ4n) is 7.69. The molecule has 1 saturated carbocycles. The van der Waals surface area contributed by atoms with Crippen molar-refractivity contribution in [3.63, 3.8) is 0 Å². The van der Waals surface area contributed by atoms with Crippen molar-refractivity contribution < 1.29 is 27.9 Å². The first-order valence-electron chi connectivity index (χ1n) is 17.9. The van der Waals surface area contributed by atoms with E-state index < -0.39 is 16.6 Å². The third kappa shape index (κ3) is 7.50. The van der Waals surface area contributed by atoms with Gasteiger partial charge in [0.15, 0.2) is 16.6 Å². The Morgan fingerprint density at radius 3 is 2.02 bits per heavy atom. The molecule has 0 radical (unpaired) electrons. The second-order valence-electron chi connectivity index (χ2n) is 19.2. The van der Waals surface area contributed by atoms with Gasteiger partial charge in [-0.15, -0.1) is 0 Å². The highest BCUT2D eigenvalue weighted by molar-refractivity contribution is 6.74. The van der Waals surface area contributed by atoms with Crippen molar-refractivity contribution in [2.24, 2.45) is 34.5 Å². The minimum Gasteiger partial charge on any atom is -0.462 e. The number of hydrogen-bond donors (Lipinski definition) is 0. The van der Waals surface area contributed by atoms with Gasteiger partial charge in [-0.3, -0.25) is 9.59 Å². The van der Waals surface area contributed by atoms with Crippen LogP contribution in [0, 0.1) is 34.5 Å². The average Bonchev–Trinajstić information content (AvgIpc) is 3.28. The van der Waals surface area contributed by atoms with Crippen LogP contribution in [0.4, 0.5) is 0 Å². The Labute approximate surface area is 283 Å². The number of hydrogen-bond acceptors (Lipinski definition) is 6. The van der Waals surface area contributed by atoms with Crippen molar-refractivity contribution in [3.8, 4) is 0 Å². The third-order valence-electron chi connectivity index (χ3n) is 13.4. The fraction of sp³-hybridized carbons (Fsp3) is 0.842. The molecule has 0 unspecified atom stereocenters. The molecule has 3 aliphatic carbocycles. The van der Waals surface area contributed by atoms with Gasteiger partial charge in [-0.05, 0) is 77.3 Å². The Morgan fingerprint density at radius 1 is 0.913 bits per heavy atom. The summed E-state index contributed by atoms with van der Waals surface area (Å²) in [6.45, 7) is 33.6. The van der Waals surface area contributed by atoms with Crippen molar-refractivity contribution in [3.05, 3.63) is 23.8 Å². The summed E-state index contributed by atoms with van der Waals surface area (Å²) in [4.78, 5) is 26.6. The number of cyclic esters (lactones) is 1. The van der Waals surface area contributed by atoms with E-state index in [1.54, 1.807) is 0 Å². The maximum atomic E-state index is 13.8. The lowest BCUT2D eigenvalue weighted by Gasteiger charge is -2.46. The van der Waals surface area contributed by atoms with Crippen LogP contribution in [0.3, 0.4) is 0 Å². The molecule has 0 aromatic carbocycles. The Kier molecular flexibility index (Phi) is 10.3. The first-order chi connectivity index (χ1) is 20.8. The van der Waals surface area contributed by atoms with Gasteiger partial charge in [-0.1, -0.05) is 94.4 Å². The van der Waals surface area contributed by atoms with E-state index >= 15 is 0 Å². The number of allylic oxidation sites excluding steroid dienone is 2. The quantitative estimate of drug-likeness (QED) is 0.179. The highest BCUT2D eigenvalue weighted by Gasteiger charge is 2.69. The van der Waals surface area contributed by atoms with Crippen molar-refractivity contribution in [2.45, 2.75) is 169 Å². The lowest BCUT2D eigenvalue weighted by atomic mass is 9.66. The number of carbonyl (C=O) groups excluding carboxylic acids is 2. The van der Waals surface area contributed by atoms with Gasteiger partial charge in [0, 0.05) is 18.8 Å². The van der Waals surface area contributed by atoms with E-state index in [2.05, 4.69) is 121 Å². The molecule has 0 amide bonds. The lowest BCUT2D eigenvalue weighted by molar-refractivity contribution is -0.161. The van der Waals surface area contributed by atoms with Gasteiger partial charge >= 0.3 is 11.9 Å². The Balaban J connectivity index is 1.56. The van der Waals surface area contributed by atoms with E-state index in [4.69, 9.17) is 18.3 Å². The SMILES string of the molecule is C[C@@H]1C=CC2=C[C@@H](O[Si](C)(C)C(C)(C)C)C[C@H](OC(=O)C3C(C)(C)C3(C)C)[C@@H]2[C@H]1CC[C@@H]1C[C@@H](O[Si](C)(C)C(C)(C)C)CC(=O)O1. The third-order valence-corrected chi connectivity index (χ3v) is 22.5. The van der Waals surface area contributed by atoms with Gasteiger partial charge < -0.3 is 18.3 Å². The number of esters is 2. The topological polar surface area (TPSA) is 71.1 Å². The van der Waals surface area contributed by atoms with Crippen LogP contribution in [-0.2, 0) is 27.9 Å². The Morgan fingerprint density at radius 2 is 1.48 bits per heavy atom. The minimum absolute atomic E-state index is 0.0693. The van der Waals surface area contributed by atoms with Gasteiger partial charge in [-0.2, -0.15) is 0 Å². The molecule has 46 heavy (non-hydrogen) atoms. The molecule has 0 bridgehead atoms. The van der Waals surface area contributed by atoms with Crippen LogP contribution in [-0.4, -0.2) is 53.0 Å². The van der Waals surface area contributed by atoms with Crippen molar-refractivity contribution >= 4 is 28.6 Å². The molecule has 0 N–H and O–H groups in total. The van der Waals surface area contributed by atoms with E-state index in [1.165, 1.54) is 5.57 Å². The molecule has 6 nitrogen and oxygen atoms in total. The van der Waals surface area contributed by atoms with Gasteiger partial charge in [0.05, 0.1) is 24.5 Å². The molecule has 1 saturated heterocycles. The summed E-state index contributed by atoms with van der Waals surface area (Å²) in [5.74, 6) is 0.342. The smallest absolute Gasteiger partial charge is 0.310 e. The molecule has 1 aliphatic heterocycles. The molecule has 0 spiro atoms. The molecule has 4 aliphatic rings. The molecule has 8 heteroatoms. The van der Waals surface area contributed by atoms with E-state index in [9.17, 15) is 9.59 Å². The monoisotopic (exact) mass is 674 g/mol. The summed E-state index contributed by atoms with van der Waals surface area (Å²) < 4.78 is 26.1. The van der Waals surface area contributed by atoms with Gasteiger partial charge in [0.25, 0.3) is 0 Å². The molecule has 0 aromatic heterocycles. The van der Waals surface area contributed by atoms with Crippen LogP contribution in [0.5, 0.6) is 0 Å². The van der Waals surface area contributed by atoms with Crippen LogP contribution in [0.15, 0.2) is 23.8 Å². The highest BCUT2D eigenvalue weighted by atomic mass is 28.4. The molecule has 262 valence electrons. The first-order valence-corrected chi connectivity index (χ1v) is 23.8. The number of ether oxygens (including phenoxy) is 2. The highest BCUT2D eigenvalue weighted by Crippen LogP contribution is 2.69. The van der Waals surface area contributed by atoms with Crippen LogP contribution in [0.25, 0.3) is 0 Å². The molecule has 0 aromatic rings. The largest absolute Gasteiger partial charge is 0.462 e. The number of rotatable bonds is 9. The summed E-state index contributed by atoms with van der Waals surface area (Å²) >= 11 is 0. The van der Waals surface area contributed by atoms with Gasteiger partial charge in [0.2, 0.25) is 0 Å². The summed E-state index contributed by atoms with van der Waals surface area (Å²) in [6, 6.07) is 0. The number of fused-ring (bicyclic) bond motifs is 1. The van der Waals surface area contributed by atoms with E-state index in [-0.39, 0.29) is 75.0 Å². The van der Waals surface area contributed by atoms with E-state index in [0.29, 0.717) is 18.8 Å². The zero-order valence-corrected chi connectivity index (χ0v) is 33.8. The average molecular weight is 675 g/mol. The molecule has 7 atom stereocenters. The van der Waals surface area contributed by atoms with Gasteiger partial charge in [-0.25, -0.2) is 0 Å². The second kappa shape index (κ2) is 12.6. The zero-order valence-electron chi connectivity index (χ0n) is 31.8. The Hall–Kier alpha value is -1.23. The molecular formula is C38H66O6Si2. The maximum Gasteiger partial charge on any atom is 0.310 e. The van der Waals surface area contributed by atoms with Crippen LogP contribution in [0.1, 0.15) is 108 Å². The number of carbonyl (C=O) groups is 2. The van der Waals surface area contributed by atoms with Gasteiger partial charge in [0.1, 0.15) is 12.2 Å². The Bertz CT molecular complexity index is 1200. The van der Waals surface area contributed by atoms with E-state index in [1.807, 2.05) is 0 Å². The summed E-state index contributed by atoms with van der Waals surface area (Å²) in [6.07, 6.45) is 9.72.